The zero-order valence-electron chi connectivity index (χ0n) is 14.7. The number of nitrogens with zero attached hydrogens (tertiary/aromatic N) is 1. The minimum Gasteiger partial charge on any atom is -0.465 e. The molecule has 0 saturated carbocycles. The van der Waals surface area contributed by atoms with Crippen molar-refractivity contribution in [2.24, 2.45) is 0 Å². The highest BCUT2D eigenvalue weighted by molar-refractivity contribution is 8.05. The Kier molecular flexibility index (Phi) is 4.87. The number of halogens is 1. The van der Waals surface area contributed by atoms with Crippen LogP contribution in [0.3, 0.4) is 0 Å². The van der Waals surface area contributed by atoms with Crippen molar-refractivity contribution >= 4 is 29.2 Å². The standard InChI is InChI=1S/C20H18FNO3S/c1-20(13-9-11-14(21)12-10-13)17(23)16(19(24)25-3)18(26-20)22(2)15-7-5-4-6-8-15/h4-12H,1-3H3. The lowest BCUT2D eigenvalue weighted by Crippen LogP contribution is -2.28. The Morgan fingerprint density at radius 1 is 1.12 bits per heavy atom. The van der Waals surface area contributed by atoms with Gasteiger partial charge < -0.3 is 9.64 Å². The van der Waals surface area contributed by atoms with Gasteiger partial charge >= 0.3 is 5.97 Å². The van der Waals surface area contributed by atoms with Gasteiger partial charge in [0, 0.05) is 12.7 Å². The van der Waals surface area contributed by atoms with Crippen LogP contribution < -0.4 is 4.90 Å². The fourth-order valence-corrected chi connectivity index (χ4v) is 4.23. The quantitative estimate of drug-likeness (QED) is 0.603. The molecule has 1 unspecified atom stereocenters. The summed E-state index contributed by atoms with van der Waals surface area (Å²) >= 11 is 1.27. The second-order valence-corrected chi connectivity index (χ2v) is 7.44. The van der Waals surface area contributed by atoms with E-state index in [9.17, 15) is 14.0 Å². The lowest BCUT2D eigenvalue weighted by atomic mass is 9.91. The number of anilines is 1. The highest BCUT2D eigenvalue weighted by atomic mass is 32.2. The summed E-state index contributed by atoms with van der Waals surface area (Å²) in [5.74, 6) is -1.40. The Bertz CT molecular complexity index is 880. The lowest BCUT2D eigenvalue weighted by molar-refractivity contribution is -0.138. The van der Waals surface area contributed by atoms with E-state index in [4.69, 9.17) is 4.74 Å². The molecule has 0 fully saturated rings. The van der Waals surface area contributed by atoms with Crippen LogP contribution in [0.1, 0.15) is 12.5 Å². The van der Waals surface area contributed by atoms with Gasteiger partial charge in [-0.1, -0.05) is 42.1 Å². The van der Waals surface area contributed by atoms with Crippen LogP contribution in [0.4, 0.5) is 10.1 Å². The zero-order valence-corrected chi connectivity index (χ0v) is 15.5. The molecule has 2 aromatic carbocycles. The van der Waals surface area contributed by atoms with Crippen molar-refractivity contribution in [2.45, 2.75) is 11.7 Å². The number of benzene rings is 2. The SMILES string of the molecule is COC(=O)C1=C(N(C)c2ccccc2)SC(C)(c2ccc(F)cc2)C1=O. The number of hydrogen-bond acceptors (Lipinski definition) is 5. The van der Waals surface area contributed by atoms with Crippen LogP contribution in [0, 0.1) is 5.82 Å². The number of para-hydroxylation sites is 1. The van der Waals surface area contributed by atoms with Gasteiger partial charge in [-0.15, -0.1) is 0 Å². The number of carbonyl (C=O) groups is 2. The van der Waals surface area contributed by atoms with Crippen molar-refractivity contribution in [2.75, 3.05) is 19.1 Å². The highest BCUT2D eigenvalue weighted by Crippen LogP contribution is 2.51. The van der Waals surface area contributed by atoms with Gasteiger partial charge in [0.05, 0.1) is 12.1 Å². The smallest absolute Gasteiger partial charge is 0.344 e. The Morgan fingerprint density at radius 3 is 2.31 bits per heavy atom. The molecule has 0 saturated heterocycles. The predicted molar refractivity (Wildman–Crippen MR) is 100 cm³/mol. The van der Waals surface area contributed by atoms with Crippen LogP contribution in [0.2, 0.25) is 0 Å². The van der Waals surface area contributed by atoms with Crippen molar-refractivity contribution in [3.05, 3.63) is 76.6 Å². The van der Waals surface area contributed by atoms with Gasteiger partial charge in [-0.05, 0) is 36.8 Å². The molecule has 0 N–H and O–H groups in total. The average molecular weight is 371 g/mol. The molecule has 6 heteroatoms. The molecule has 1 aliphatic heterocycles. The largest absolute Gasteiger partial charge is 0.465 e. The van der Waals surface area contributed by atoms with E-state index in [2.05, 4.69) is 0 Å². The summed E-state index contributed by atoms with van der Waals surface area (Å²) in [5, 5.41) is 0.514. The summed E-state index contributed by atoms with van der Waals surface area (Å²) in [7, 11) is 3.05. The van der Waals surface area contributed by atoms with Crippen molar-refractivity contribution in [1.29, 1.82) is 0 Å². The van der Waals surface area contributed by atoms with E-state index in [1.807, 2.05) is 30.3 Å². The number of methoxy groups -OCH3 is 1. The first-order valence-electron chi connectivity index (χ1n) is 7.99. The normalized spacial score (nSPS) is 19.6. The number of esters is 1. The summed E-state index contributed by atoms with van der Waals surface area (Å²) in [6.45, 7) is 1.74. The van der Waals surface area contributed by atoms with E-state index in [0.29, 0.717) is 10.6 Å². The van der Waals surface area contributed by atoms with Gasteiger partial charge in [0.1, 0.15) is 16.1 Å². The molecule has 0 amide bonds. The van der Waals surface area contributed by atoms with Crippen LogP contribution in [-0.2, 0) is 19.1 Å². The van der Waals surface area contributed by atoms with Crippen LogP contribution >= 0.6 is 11.8 Å². The topological polar surface area (TPSA) is 46.6 Å². The van der Waals surface area contributed by atoms with Crippen molar-refractivity contribution < 1.29 is 18.7 Å². The maximum atomic E-state index is 13.3. The molecule has 0 radical (unpaired) electrons. The lowest BCUT2D eigenvalue weighted by Gasteiger charge is -2.25. The van der Waals surface area contributed by atoms with Gasteiger partial charge in [0.2, 0.25) is 0 Å². The van der Waals surface area contributed by atoms with Gasteiger partial charge in [-0.3, -0.25) is 4.79 Å². The molecule has 0 aromatic heterocycles. The third kappa shape index (κ3) is 3.01. The monoisotopic (exact) mass is 371 g/mol. The number of rotatable bonds is 4. The van der Waals surface area contributed by atoms with E-state index in [0.717, 1.165) is 5.69 Å². The summed E-state index contributed by atoms with van der Waals surface area (Å²) in [6.07, 6.45) is 0. The second-order valence-electron chi connectivity index (χ2n) is 6.04. The maximum Gasteiger partial charge on any atom is 0.344 e. The van der Waals surface area contributed by atoms with E-state index >= 15 is 0 Å². The average Bonchev–Trinajstić information content (AvgIpc) is 2.94. The molecule has 0 aliphatic carbocycles. The fraction of sp³-hybridized carbons (Fsp3) is 0.200. The van der Waals surface area contributed by atoms with E-state index < -0.39 is 10.7 Å². The van der Waals surface area contributed by atoms with Gasteiger partial charge in [0.15, 0.2) is 5.78 Å². The number of thioether (sulfide) groups is 1. The third-order valence-electron chi connectivity index (χ3n) is 4.41. The Balaban J connectivity index is 2.08. The van der Waals surface area contributed by atoms with Crippen molar-refractivity contribution in [3.8, 4) is 0 Å². The second kappa shape index (κ2) is 6.96. The van der Waals surface area contributed by atoms with E-state index in [-0.39, 0.29) is 17.2 Å². The highest BCUT2D eigenvalue weighted by Gasteiger charge is 2.49. The molecule has 4 nitrogen and oxygen atoms in total. The van der Waals surface area contributed by atoms with Crippen molar-refractivity contribution in [3.63, 3.8) is 0 Å². The number of carbonyl (C=O) groups excluding carboxylic acids is 2. The van der Waals surface area contributed by atoms with E-state index in [1.165, 1.54) is 31.0 Å². The molecule has 26 heavy (non-hydrogen) atoms. The van der Waals surface area contributed by atoms with Gasteiger partial charge in [-0.25, -0.2) is 9.18 Å². The summed E-state index contributed by atoms with van der Waals surface area (Å²) in [5.41, 5.74) is 1.48. The first-order chi connectivity index (χ1) is 12.4. The predicted octanol–water partition coefficient (Wildman–Crippen LogP) is 3.88. The summed E-state index contributed by atoms with van der Waals surface area (Å²) < 4.78 is 17.1. The zero-order chi connectivity index (χ0) is 18.9. The van der Waals surface area contributed by atoms with Crippen molar-refractivity contribution in [1.82, 2.24) is 0 Å². The summed E-state index contributed by atoms with van der Waals surface area (Å²) in [6, 6.07) is 15.2. The first-order valence-corrected chi connectivity index (χ1v) is 8.81. The van der Waals surface area contributed by atoms with Crippen LogP contribution in [0.25, 0.3) is 0 Å². The molecule has 1 heterocycles. The molecule has 0 bridgehead atoms. The van der Waals surface area contributed by atoms with Crippen LogP contribution in [-0.4, -0.2) is 25.9 Å². The number of hydrogen-bond donors (Lipinski definition) is 0. The molecule has 134 valence electrons. The third-order valence-corrected chi connectivity index (χ3v) is 5.91. The molecule has 1 aliphatic rings. The summed E-state index contributed by atoms with van der Waals surface area (Å²) in [4.78, 5) is 27.3. The number of ketones is 1. The first kappa shape index (κ1) is 18.2. The Labute approximate surface area is 155 Å². The Morgan fingerprint density at radius 2 is 1.73 bits per heavy atom. The number of Topliss-reactive ketones (excluding diaryl/α,β-unsaturated/α-hetero) is 1. The number of ether oxygens (including phenoxy) is 1. The Hall–Kier alpha value is -2.60. The van der Waals surface area contributed by atoms with Crippen LogP contribution in [0.15, 0.2) is 65.2 Å². The maximum absolute atomic E-state index is 13.3. The van der Waals surface area contributed by atoms with Gasteiger partial charge in [-0.2, -0.15) is 0 Å². The fourth-order valence-electron chi connectivity index (χ4n) is 2.87. The van der Waals surface area contributed by atoms with E-state index in [1.54, 1.807) is 31.0 Å². The molecular weight excluding hydrogens is 353 g/mol. The molecular formula is C20H18FNO3S. The minimum atomic E-state index is -1.03. The minimum absolute atomic E-state index is 0.00989. The molecule has 1 atom stereocenters. The molecule has 0 spiro atoms. The van der Waals surface area contributed by atoms with Crippen LogP contribution in [0.5, 0.6) is 0 Å². The molecule has 3 rings (SSSR count). The van der Waals surface area contributed by atoms with Gasteiger partial charge in [0.25, 0.3) is 0 Å². The molecule has 2 aromatic rings.